The number of aryl methyl sites for hydroxylation is 3. The standard InChI is InChI=1S/C18H19BrN2O3S/c1-24-14-7-5-11(9-13(14)19)6-8-17(22)20-21-18(23)16-10-12-3-2-4-15(12)25-16/h5,7,9-10H,2-4,6,8H2,1H3,(H,20,22)(H,21,23). The topological polar surface area (TPSA) is 67.4 Å². The number of ether oxygens (including phenoxy) is 1. The van der Waals surface area contributed by atoms with Gasteiger partial charge in [-0.15, -0.1) is 11.3 Å². The zero-order valence-electron chi connectivity index (χ0n) is 13.9. The molecular weight excluding hydrogens is 404 g/mol. The number of rotatable bonds is 5. The molecule has 3 rings (SSSR count). The van der Waals surface area contributed by atoms with Crippen LogP contribution in [0, 0.1) is 0 Å². The molecule has 0 saturated carbocycles. The molecule has 0 bridgehead atoms. The van der Waals surface area contributed by atoms with Gasteiger partial charge in [-0.05, 0) is 70.9 Å². The summed E-state index contributed by atoms with van der Waals surface area (Å²) in [6.45, 7) is 0. The number of fused-ring (bicyclic) bond motifs is 1. The molecule has 1 aliphatic carbocycles. The molecule has 2 N–H and O–H groups in total. The number of nitrogens with one attached hydrogen (secondary N) is 2. The van der Waals surface area contributed by atoms with E-state index < -0.39 is 0 Å². The van der Waals surface area contributed by atoms with Crippen molar-refractivity contribution in [1.29, 1.82) is 0 Å². The van der Waals surface area contributed by atoms with Crippen molar-refractivity contribution in [3.05, 3.63) is 49.6 Å². The Balaban J connectivity index is 1.46. The third kappa shape index (κ3) is 4.41. The van der Waals surface area contributed by atoms with Crippen LogP contribution >= 0.6 is 27.3 Å². The Hall–Kier alpha value is -1.86. The highest BCUT2D eigenvalue weighted by molar-refractivity contribution is 9.10. The van der Waals surface area contributed by atoms with Gasteiger partial charge in [-0.3, -0.25) is 20.4 Å². The first kappa shape index (κ1) is 17.9. The second kappa shape index (κ2) is 8.01. The van der Waals surface area contributed by atoms with Crippen molar-refractivity contribution in [2.75, 3.05) is 7.11 Å². The molecule has 0 unspecified atom stereocenters. The van der Waals surface area contributed by atoms with Gasteiger partial charge < -0.3 is 4.74 Å². The number of amides is 2. The van der Waals surface area contributed by atoms with Crippen LogP contribution in [0.4, 0.5) is 0 Å². The van der Waals surface area contributed by atoms with Crippen molar-refractivity contribution in [3.63, 3.8) is 0 Å². The lowest BCUT2D eigenvalue weighted by molar-refractivity contribution is -0.121. The molecule has 2 amide bonds. The first-order valence-electron chi connectivity index (χ1n) is 8.10. The van der Waals surface area contributed by atoms with Gasteiger partial charge in [-0.2, -0.15) is 0 Å². The fourth-order valence-electron chi connectivity index (χ4n) is 2.81. The van der Waals surface area contributed by atoms with Gasteiger partial charge in [-0.25, -0.2) is 0 Å². The van der Waals surface area contributed by atoms with E-state index in [1.807, 2.05) is 24.3 Å². The fourth-order valence-corrected chi connectivity index (χ4v) is 4.55. The maximum absolute atomic E-state index is 12.1. The average Bonchev–Trinajstić information content (AvgIpc) is 3.19. The van der Waals surface area contributed by atoms with Gasteiger partial charge in [0.1, 0.15) is 5.75 Å². The smallest absolute Gasteiger partial charge is 0.279 e. The molecule has 0 aliphatic heterocycles. The van der Waals surface area contributed by atoms with Gasteiger partial charge in [0.15, 0.2) is 0 Å². The van der Waals surface area contributed by atoms with E-state index in [1.54, 1.807) is 7.11 Å². The lowest BCUT2D eigenvalue weighted by Crippen LogP contribution is -2.41. The van der Waals surface area contributed by atoms with Crippen LogP contribution in [-0.4, -0.2) is 18.9 Å². The highest BCUT2D eigenvalue weighted by atomic mass is 79.9. The van der Waals surface area contributed by atoms with Crippen molar-refractivity contribution < 1.29 is 14.3 Å². The number of halogens is 1. The number of benzene rings is 1. The molecule has 132 valence electrons. The Labute approximate surface area is 158 Å². The van der Waals surface area contributed by atoms with Crippen molar-refractivity contribution in [2.24, 2.45) is 0 Å². The van der Waals surface area contributed by atoms with E-state index in [-0.39, 0.29) is 11.8 Å². The number of hydrogen-bond acceptors (Lipinski definition) is 4. The molecule has 5 nitrogen and oxygen atoms in total. The maximum atomic E-state index is 12.1. The molecule has 1 aromatic carbocycles. The SMILES string of the molecule is COc1ccc(CCC(=O)NNC(=O)c2cc3c(s2)CCC3)cc1Br. The Morgan fingerprint density at radius 2 is 2.08 bits per heavy atom. The van der Waals surface area contributed by atoms with E-state index in [9.17, 15) is 9.59 Å². The normalized spacial score (nSPS) is 12.6. The minimum Gasteiger partial charge on any atom is -0.496 e. The number of methoxy groups -OCH3 is 1. The summed E-state index contributed by atoms with van der Waals surface area (Å²) >= 11 is 4.94. The van der Waals surface area contributed by atoms with E-state index >= 15 is 0 Å². The van der Waals surface area contributed by atoms with Crippen molar-refractivity contribution >= 4 is 39.1 Å². The van der Waals surface area contributed by atoms with Crippen molar-refractivity contribution in [1.82, 2.24) is 10.9 Å². The molecular formula is C18H19BrN2O3S. The summed E-state index contributed by atoms with van der Waals surface area (Å²) in [5.41, 5.74) is 7.27. The van der Waals surface area contributed by atoms with Crippen LogP contribution < -0.4 is 15.6 Å². The number of hydrazine groups is 1. The third-order valence-electron chi connectivity index (χ3n) is 4.14. The third-order valence-corrected chi connectivity index (χ3v) is 6.00. The fraction of sp³-hybridized carbons (Fsp3) is 0.333. The average molecular weight is 423 g/mol. The number of carbonyl (C=O) groups is 2. The lowest BCUT2D eigenvalue weighted by atomic mass is 10.1. The molecule has 0 spiro atoms. The first-order valence-corrected chi connectivity index (χ1v) is 9.71. The summed E-state index contributed by atoms with van der Waals surface area (Å²) in [6.07, 6.45) is 4.14. The largest absolute Gasteiger partial charge is 0.496 e. The molecule has 1 aliphatic rings. The molecule has 7 heteroatoms. The van der Waals surface area contributed by atoms with Crippen LogP contribution in [0.15, 0.2) is 28.7 Å². The van der Waals surface area contributed by atoms with E-state index in [2.05, 4.69) is 26.8 Å². The van der Waals surface area contributed by atoms with E-state index in [4.69, 9.17) is 4.74 Å². The predicted octanol–water partition coefficient (Wildman–Crippen LogP) is 3.40. The van der Waals surface area contributed by atoms with Crippen LogP contribution in [0.25, 0.3) is 0 Å². The van der Waals surface area contributed by atoms with Gasteiger partial charge in [0.05, 0.1) is 16.5 Å². The Bertz CT molecular complexity index is 782. The summed E-state index contributed by atoms with van der Waals surface area (Å²) in [5, 5.41) is 0. The van der Waals surface area contributed by atoms with Crippen molar-refractivity contribution in [2.45, 2.75) is 32.1 Å². The van der Waals surface area contributed by atoms with Crippen LogP contribution in [0.1, 0.15) is 38.5 Å². The minimum absolute atomic E-state index is 0.218. The van der Waals surface area contributed by atoms with Crippen LogP contribution in [0.5, 0.6) is 5.75 Å². The van der Waals surface area contributed by atoms with Gasteiger partial charge >= 0.3 is 0 Å². The predicted molar refractivity (Wildman–Crippen MR) is 101 cm³/mol. The minimum atomic E-state index is -0.250. The molecule has 1 aromatic heterocycles. The first-order chi connectivity index (χ1) is 12.1. The highest BCUT2D eigenvalue weighted by Crippen LogP contribution is 2.30. The summed E-state index contributed by atoms with van der Waals surface area (Å²) in [4.78, 5) is 26.0. The Morgan fingerprint density at radius 1 is 1.24 bits per heavy atom. The second-order valence-electron chi connectivity index (χ2n) is 5.88. The van der Waals surface area contributed by atoms with Crippen LogP contribution in [0.2, 0.25) is 0 Å². The number of hydrogen-bond donors (Lipinski definition) is 2. The molecule has 0 fully saturated rings. The molecule has 0 radical (unpaired) electrons. The zero-order valence-corrected chi connectivity index (χ0v) is 16.3. The van der Waals surface area contributed by atoms with Gasteiger partial charge in [0, 0.05) is 11.3 Å². The monoisotopic (exact) mass is 422 g/mol. The Morgan fingerprint density at radius 3 is 2.80 bits per heavy atom. The Kier molecular flexibility index (Phi) is 5.75. The number of thiophene rings is 1. The van der Waals surface area contributed by atoms with Gasteiger partial charge in [0.25, 0.3) is 5.91 Å². The van der Waals surface area contributed by atoms with E-state index in [0.717, 1.165) is 28.6 Å². The maximum Gasteiger partial charge on any atom is 0.279 e. The van der Waals surface area contributed by atoms with E-state index in [0.29, 0.717) is 17.7 Å². The zero-order chi connectivity index (χ0) is 17.8. The summed E-state index contributed by atoms with van der Waals surface area (Å²) in [6, 6.07) is 7.64. The van der Waals surface area contributed by atoms with Crippen LogP contribution in [-0.2, 0) is 24.1 Å². The van der Waals surface area contributed by atoms with Crippen LogP contribution in [0.3, 0.4) is 0 Å². The second-order valence-corrected chi connectivity index (χ2v) is 7.87. The number of carbonyl (C=O) groups excluding carboxylic acids is 2. The summed E-state index contributed by atoms with van der Waals surface area (Å²) in [7, 11) is 1.61. The quantitative estimate of drug-likeness (QED) is 0.725. The summed E-state index contributed by atoms with van der Waals surface area (Å²) < 4.78 is 6.04. The molecule has 0 saturated heterocycles. The van der Waals surface area contributed by atoms with Gasteiger partial charge in [-0.1, -0.05) is 6.07 Å². The van der Waals surface area contributed by atoms with Gasteiger partial charge in [0.2, 0.25) is 5.91 Å². The summed E-state index contributed by atoms with van der Waals surface area (Å²) in [5.74, 6) is 0.285. The van der Waals surface area contributed by atoms with Crippen molar-refractivity contribution in [3.8, 4) is 5.75 Å². The molecule has 1 heterocycles. The lowest BCUT2D eigenvalue weighted by Gasteiger charge is -2.08. The molecule has 0 atom stereocenters. The molecule has 2 aromatic rings. The molecule has 25 heavy (non-hydrogen) atoms. The van der Waals surface area contributed by atoms with E-state index in [1.165, 1.54) is 28.2 Å². The highest BCUT2D eigenvalue weighted by Gasteiger charge is 2.18.